The van der Waals surface area contributed by atoms with E-state index in [0.717, 1.165) is 11.1 Å². The zero-order valence-electron chi connectivity index (χ0n) is 10.6. The first kappa shape index (κ1) is 13.7. The van der Waals surface area contributed by atoms with E-state index in [-0.39, 0.29) is 0 Å². The number of halogens is 1. The van der Waals surface area contributed by atoms with Gasteiger partial charge in [-0.2, -0.15) is 0 Å². The minimum absolute atomic E-state index is 0.480. The van der Waals surface area contributed by atoms with Crippen molar-refractivity contribution in [2.24, 2.45) is 5.73 Å². The molecule has 0 radical (unpaired) electrons. The summed E-state index contributed by atoms with van der Waals surface area (Å²) in [6, 6.07) is 15.7. The fraction of sp³-hybridized carbons (Fsp3) is 0.125. The number of hydrogen-bond acceptors (Lipinski definition) is 2. The van der Waals surface area contributed by atoms with Crippen LogP contribution in [-0.4, -0.2) is 6.61 Å². The number of ether oxygens (including phenoxy) is 1. The fourth-order valence-electron chi connectivity index (χ4n) is 1.67. The number of hydrogen-bond donors (Lipinski definition) is 1. The van der Waals surface area contributed by atoms with E-state index in [2.05, 4.69) is 0 Å². The van der Waals surface area contributed by atoms with Gasteiger partial charge in [0.15, 0.2) is 0 Å². The average Bonchev–Trinajstić information content (AvgIpc) is 2.46. The Morgan fingerprint density at radius 3 is 2.58 bits per heavy atom. The van der Waals surface area contributed by atoms with E-state index < -0.39 is 0 Å². The van der Waals surface area contributed by atoms with E-state index >= 15 is 0 Å². The molecular weight excluding hydrogens is 258 g/mol. The van der Waals surface area contributed by atoms with Crippen LogP contribution in [0.4, 0.5) is 0 Å². The average molecular weight is 274 g/mol. The van der Waals surface area contributed by atoms with E-state index in [1.54, 1.807) is 0 Å². The minimum Gasteiger partial charge on any atom is -0.488 e. The Bertz CT molecular complexity index is 552. The smallest absolute Gasteiger partial charge is 0.138 e. The van der Waals surface area contributed by atoms with Gasteiger partial charge in [0.1, 0.15) is 12.4 Å². The molecule has 0 aromatic heterocycles. The SMILES string of the molecule is NCc1ccc(OCC=Cc2ccccc2)c(Cl)c1. The Hall–Kier alpha value is -1.77. The van der Waals surface area contributed by atoms with Crippen molar-refractivity contribution in [2.45, 2.75) is 6.54 Å². The van der Waals surface area contributed by atoms with Crippen molar-refractivity contribution in [3.63, 3.8) is 0 Å². The molecule has 0 saturated carbocycles. The monoisotopic (exact) mass is 273 g/mol. The van der Waals surface area contributed by atoms with Gasteiger partial charge < -0.3 is 10.5 Å². The van der Waals surface area contributed by atoms with Gasteiger partial charge in [0.05, 0.1) is 5.02 Å². The number of nitrogens with two attached hydrogens (primary N) is 1. The molecule has 2 N–H and O–H groups in total. The van der Waals surface area contributed by atoms with Crippen LogP contribution in [-0.2, 0) is 6.54 Å². The molecule has 2 aromatic rings. The number of benzene rings is 2. The Morgan fingerprint density at radius 1 is 1.11 bits per heavy atom. The van der Waals surface area contributed by atoms with Crippen molar-refractivity contribution in [1.82, 2.24) is 0 Å². The van der Waals surface area contributed by atoms with E-state index in [1.807, 2.05) is 60.7 Å². The molecule has 0 saturated heterocycles. The maximum atomic E-state index is 6.10. The van der Waals surface area contributed by atoms with Crippen molar-refractivity contribution < 1.29 is 4.74 Å². The third-order valence-electron chi connectivity index (χ3n) is 2.68. The fourth-order valence-corrected chi connectivity index (χ4v) is 1.93. The van der Waals surface area contributed by atoms with Gasteiger partial charge in [-0.05, 0) is 29.3 Å². The molecule has 0 spiro atoms. The van der Waals surface area contributed by atoms with Crippen molar-refractivity contribution in [3.8, 4) is 5.75 Å². The van der Waals surface area contributed by atoms with Gasteiger partial charge in [-0.25, -0.2) is 0 Å². The quantitative estimate of drug-likeness (QED) is 0.897. The molecule has 0 aliphatic rings. The lowest BCUT2D eigenvalue weighted by Gasteiger charge is -2.06. The van der Waals surface area contributed by atoms with Gasteiger partial charge in [-0.15, -0.1) is 0 Å². The highest BCUT2D eigenvalue weighted by atomic mass is 35.5. The molecule has 98 valence electrons. The van der Waals surface area contributed by atoms with Crippen molar-refractivity contribution in [1.29, 1.82) is 0 Å². The van der Waals surface area contributed by atoms with Crippen molar-refractivity contribution in [3.05, 3.63) is 70.8 Å². The zero-order valence-corrected chi connectivity index (χ0v) is 11.3. The van der Waals surface area contributed by atoms with Crippen LogP contribution in [0.1, 0.15) is 11.1 Å². The first-order chi connectivity index (χ1) is 9.29. The highest BCUT2D eigenvalue weighted by Gasteiger charge is 2.01. The minimum atomic E-state index is 0.480. The van der Waals surface area contributed by atoms with Crippen LogP contribution in [0.5, 0.6) is 5.75 Å². The standard InChI is InChI=1S/C16H16ClNO/c17-15-11-14(12-18)8-9-16(15)19-10-4-7-13-5-2-1-3-6-13/h1-9,11H,10,12,18H2. The first-order valence-electron chi connectivity index (χ1n) is 6.12. The van der Waals surface area contributed by atoms with Gasteiger partial charge in [-0.1, -0.05) is 54.1 Å². The van der Waals surface area contributed by atoms with Crippen molar-refractivity contribution in [2.75, 3.05) is 6.61 Å². The lowest BCUT2D eigenvalue weighted by molar-refractivity contribution is 0.363. The van der Waals surface area contributed by atoms with Crippen LogP contribution < -0.4 is 10.5 Å². The second kappa shape index (κ2) is 6.98. The summed E-state index contributed by atoms with van der Waals surface area (Å²) in [7, 11) is 0. The Labute approximate surface area is 118 Å². The van der Waals surface area contributed by atoms with Crippen LogP contribution in [0.25, 0.3) is 6.08 Å². The molecule has 0 unspecified atom stereocenters. The third kappa shape index (κ3) is 4.12. The zero-order chi connectivity index (χ0) is 13.5. The first-order valence-corrected chi connectivity index (χ1v) is 6.50. The number of rotatable bonds is 5. The van der Waals surface area contributed by atoms with E-state index in [1.165, 1.54) is 0 Å². The molecule has 0 aliphatic heterocycles. The molecule has 0 fully saturated rings. The lowest BCUT2D eigenvalue weighted by atomic mass is 10.2. The second-order valence-electron chi connectivity index (χ2n) is 4.09. The summed E-state index contributed by atoms with van der Waals surface area (Å²) < 4.78 is 5.60. The summed E-state index contributed by atoms with van der Waals surface area (Å²) >= 11 is 6.10. The molecule has 2 aromatic carbocycles. The van der Waals surface area contributed by atoms with E-state index in [4.69, 9.17) is 22.1 Å². The summed E-state index contributed by atoms with van der Waals surface area (Å²) in [4.78, 5) is 0. The molecular formula is C16H16ClNO. The highest BCUT2D eigenvalue weighted by Crippen LogP contribution is 2.25. The highest BCUT2D eigenvalue weighted by molar-refractivity contribution is 6.32. The largest absolute Gasteiger partial charge is 0.488 e. The Morgan fingerprint density at radius 2 is 1.89 bits per heavy atom. The summed E-state index contributed by atoms with van der Waals surface area (Å²) in [6.07, 6.45) is 3.98. The molecule has 3 heteroatoms. The van der Waals surface area contributed by atoms with Crippen LogP contribution in [0, 0.1) is 0 Å². The summed E-state index contributed by atoms with van der Waals surface area (Å²) in [6.45, 7) is 0.963. The maximum absolute atomic E-state index is 6.10. The predicted molar refractivity (Wildman–Crippen MR) is 80.3 cm³/mol. The molecule has 0 aliphatic carbocycles. The lowest BCUT2D eigenvalue weighted by Crippen LogP contribution is -1.98. The Kier molecular flexibility index (Phi) is 5.01. The third-order valence-corrected chi connectivity index (χ3v) is 2.97. The predicted octanol–water partition coefficient (Wildman–Crippen LogP) is 3.89. The second-order valence-corrected chi connectivity index (χ2v) is 4.50. The van der Waals surface area contributed by atoms with Gasteiger partial charge in [0.2, 0.25) is 0 Å². The Balaban J connectivity index is 1.91. The summed E-state index contributed by atoms with van der Waals surface area (Å²) in [5.41, 5.74) is 7.69. The summed E-state index contributed by atoms with van der Waals surface area (Å²) in [5, 5.41) is 0.594. The van der Waals surface area contributed by atoms with Crippen LogP contribution >= 0.6 is 11.6 Å². The molecule has 0 atom stereocenters. The molecule has 19 heavy (non-hydrogen) atoms. The van der Waals surface area contributed by atoms with E-state index in [0.29, 0.717) is 23.9 Å². The van der Waals surface area contributed by atoms with Gasteiger partial charge >= 0.3 is 0 Å². The van der Waals surface area contributed by atoms with Crippen molar-refractivity contribution >= 4 is 17.7 Å². The van der Waals surface area contributed by atoms with E-state index in [9.17, 15) is 0 Å². The molecule has 0 heterocycles. The topological polar surface area (TPSA) is 35.2 Å². The van der Waals surface area contributed by atoms with Crippen LogP contribution in [0.2, 0.25) is 5.02 Å². The van der Waals surface area contributed by atoms with Gasteiger partial charge in [0.25, 0.3) is 0 Å². The van der Waals surface area contributed by atoms with Gasteiger partial charge in [-0.3, -0.25) is 0 Å². The molecule has 2 rings (SSSR count). The summed E-state index contributed by atoms with van der Waals surface area (Å²) in [5.74, 6) is 0.677. The normalized spacial score (nSPS) is 10.8. The molecule has 0 amide bonds. The molecule has 2 nitrogen and oxygen atoms in total. The maximum Gasteiger partial charge on any atom is 0.138 e. The van der Waals surface area contributed by atoms with Gasteiger partial charge in [0, 0.05) is 6.54 Å². The van der Waals surface area contributed by atoms with Crippen LogP contribution in [0.3, 0.4) is 0 Å². The molecule has 0 bridgehead atoms. The van der Waals surface area contributed by atoms with Crippen LogP contribution in [0.15, 0.2) is 54.6 Å².